The molecule has 0 saturated carbocycles. The third-order valence-electron chi connectivity index (χ3n) is 2.52. The summed E-state index contributed by atoms with van der Waals surface area (Å²) in [5.41, 5.74) is 0.268. The molecule has 1 aromatic carbocycles. The molecule has 0 aliphatic heterocycles. The minimum absolute atomic E-state index is 0.268. The van der Waals surface area contributed by atoms with Gasteiger partial charge in [0.1, 0.15) is 5.03 Å². The molecule has 0 saturated heterocycles. The second kappa shape index (κ2) is 6.96. The van der Waals surface area contributed by atoms with E-state index in [2.05, 4.69) is 4.98 Å². The summed E-state index contributed by atoms with van der Waals surface area (Å²) in [6.07, 6.45) is 2.58. The van der Waals surface area contributed by atoms with Crippen molar-refractivity contribution in [2.24, 2.45) is 0 Å². The summed E-state index contributed by atoms with van der Waals surface area (Å²) >= 11 is 1.30. The number of ether oxygens (including phenoxy) is 1. The third kappa shape index (κ3) is 3.51. The number of carbonyl (C=O) groups is 1. The van der Waals surface area contributed by atoms with Crippen molar-refractivity contribution in [2.75, 3.05) is 6.61 Å². The number of pyridine rings is 1. The van der Waals surface area contributed by atoms with Crippen LogP contribution in [0.3, 0.4) is 0 Å². The fourth-order valence-electron chi connectivity index (χ4n) is 1.61. The van der Waals surface area contributed by atoms with E-state index >= 15 is 0 Å². The van der Waals surface area contributed by atoms with Crippen molar-refractivity contribution in [3.63, 3.8) is 0 Å². The first kappa shape index (κ1) is 14.4. The van der Waals surface area contributed by atoms with Crippen LogP contribution in [0.4, 0.5) is 0 Å². The lowest BCUT2D eigenvalue weighted by Gasteiger charge is -2.10. The molecule has 5 heteroatoms. The van der Waals surface area contributed by atoms with E-state index in [-0.39, 0.29) is 5.56 Å². The Morgan fingerprint density at radius 3 is 2.85 bits per heavy atom. The van der Waals surface area contributed by atoms with Gasteiger partial charge in [0.25, 0.3) is 0 Å². The minimum Gasteiger partial charge on any atom is -0.491 e. The molecule has 0 aliphatic carbocycles. The molecule has 0 atom stereocenters. The molecular formula is C15H15NO3S. The number of hydrogen-bond acceptors (Lipinski definition) is 4. The van der Waals surface area contributed by atoms with E-state index in [1.807, 2.05) is 19.1 Å². The van der Waals surface area contributed by atoms with Crippen molar-refractivity contribution >= 4 is 17.7 Å². The predicted octanol–water partition coefficient (Wildman–Crippen LogP) is 3.72. The van der Waals surface area contributed by atoms with Crippen molar-refractivity contribution < 1.29 is 14.6 Å². The van der Waals surface area contributed by atoms with Gasteiger partial charge >= 0.3 is 5.97 Å². The first-order valence-electron chi connectivity index (χ1n) is 6.30. The van der Waals surface area contributed by atoms with E-state index in [0.29, 0.717) is 22.3 Å². The number of aromatic nitrogens is 1. The van der Waals surface area contributed by atoms with E-state index in [4.69, 9.17) is 4.74 Å². The summed E-state index contributed by atoms with van der Waals surface area (Å²) in [4.78, 5) is 16.1. The summed E-state index contributed by atoms with van der Waals surface area (Å²) in [6.45, 7) is 2.64. The van der Waals surface area contributed by atoms with E-state index in [1.165, 1.54) is 11.8 Å². The van der Waals surface area contributed by atoms with Crippen LogP contribution in [0.25, 0.3) is 0 Å². The third-order valence-corrected chi connectivity index (χ3v) is 3.60. The molecular weight excluding hydrogens is 274 g/mol. The highest BCUT2D eigenvalue weighted by atomic mass is 32.2. The molecule has 20 heavy (non-hydrogen) atoms. The fraction of sp³-hybridized carbons (Fsp3) is 0.200. The van der Waals surface area contributed by atoms with Gasteiger partial charge in [0.15, 0.2) is 5.75 Å². The van der Waals surface area contributed by atoms with Gasteiger partial charge in [-0.25, -0.2) is 9.78 Å². The number of benzene rings is 1. The lowest BCUT2D eigenvalue weighted by atomic mass is 10.2. The van der Waals surface area contributed by atoms with Gasteiger partial charge in [0.05, 0.1) is 12.2 Å². The van der Waals surface area contributed by atoms with Gasteiger partial charge < -0.3 is 9.84 Å². The number of aromatic carboxylic acids is 1. The normalized spacial score (nSPS) is 10.2. The van der Waals surface area contributed by atoms with Crippen LogP contribution >= 0.6 is 11.8 Å². The van der Waals surface area contributed by atoms with Gasteiger partial charge in [-0.15, -0.1) is 0 Å². The second-order valence-electron chi connectivity index (χ2n) is 4.06. The molecule has 0 aliphatic rings. The van der Waals surface area contributed by atoms with Gasteiger partial charge in [0, 0.05) is 11.1 Å². The van der Waals surface area contributed by atoms with Gasteiger partial charge in [-0.1, -0.05) is 30.8 Å². The average molecular weight is 289 g/mol. The van der Waals surface area contributed by atoms with E-state index in [9.17, 15) is 9.90 Å². The highest BCUT2D eigenvalue weighted by Crippen LogP contribution is 2.34. The van der Waals surface area contributed by atoms with Gasteiger partial charge in [-0.3, -0.25) is 0 Å². The predicted molar refractivity (Wildman–Crippen MR) is 77.5 cm³/mol. The van der Waals surface area contributed by atoms with Gasteiger partial charge in [-0.2, -0.15) is 0 Å². The standard InChI is InChI=1S/C15H15NO3S/c1-2-10-19-12-7-5-9-16-14(12)20-13-8-4-3-6-11(13)15(17)18/h3-9H,2,10H2,1H3,(H,17,18). The van der Waals surface area contributed by atoms with E-state index in [0.717, 1.165) is 6.42 Å². The monoisotopic (exact) mass is 289 g/mol. The zero-order valence-electron chi connectivity index (χ0n) is 11.1. The Balaban J connectivity index is 2.28. The maximum Gasteiger partial charge on any atom is 0.336 e. The summed E-state index contributed by atoms with van der Waals surface area (Å²) in [6, 6.07) is 10.5. The maximum absolute atomic E-state index is 11.2. The Kier molecular flexibility index (Phi) is 5.01. The zero-order chi connectivity index (χ0) is 14.4. The lowest BCUT2D eigenvalue weighted by Crippen LogP contribution is -2.00. The number of carboxylic acids is 1. The molecule has 0 bridgehead atoms. The number of carboxylic acid groups (broad SMARTS) is 1. The molecule has 1 N–H and O–H groups in total. The molecule has 0 radical (unpaired) electrons. The number of hydrogen-bond donors (Lipinski definition) is 1. The van der Waals surface area contributed by atoms with Crippen molar-refractivity contribution in [3.8, 4) is 5.75 Å². The summed E-state index contributed by atoms with van der Waals surface area (Å²) in [7, 11) is 0. The Hall–Kier alpha value is -2.01. The van der Waals surface area contributed by atoms with Crippen LogP contribution in [0.2, 0.25) is 0 Å². The van der Waals surface area contributed by atoms with Crippen molar-refractivity contribution in [3.05, 3.63) is 48.2 Å². The first-order valence-corrected chi connectivity index (χ1v) is 7.12. The molecule has 2 rings (SSSR count). The lowest BCUT2D eigenvalue weighted by molar-refractivity contribution is 0.0693. The first-order chi connectivity index (χ1) is 9.72. The molecule has 1 aromatic heterocycles. The van der Waals surface area contributed by atoms with E-state index in [1.54, 1.807) is 30.5 Å². The Morgan fingerprint density at radius 2 is 2.10 bits per heavy atom. The Bertz CT molecular complexity index is 601. The highest BCUT2D eigenvalue weighted by Gasteiger charge is 2.13. The second-order valence-corrected chi connectivity index (χ2v) is 5.09. The Morgan fingerprint density at radius 1 is 1.30 bits per heavy atom. The molecule has 0 amide bonds. The van der Waals surface area contributed by atoms with Crippen LogP contribution in [0.5, 0.6) is 5.75 Å². The van der Waals surface area contributed by atoms with Crippen molar-refractivity contribution in [1.29, 1.82) is 0 Å². The zero-order valence-corrected chi connectivity index (χ0v) is 11.9. The topological polar surface area (TPSA) is 59.4 Å². The molecule has 0 fully saturated rings. The SMILES string of the molecule is CCCOc1cccnc1Sc1ccccc1C(=O)O. The summed E-state index contributed by atoms with van der Waals surface area (Å²) < 4.78 is 5.63. The number of rotatable bonds is 6. The molecule has 0 unspecified atom stereocenters. The smallest absolute Gasteiger partial charge is 0.336 e. The molecule has 4 nitrogen and oxygen atoms in total. The van der Waals surface area contributed by atoms with Crippen LogP contribution in [0.1, 0.15) is 23.7 Å². The summed E-state index contributed by atoms with van der Waals surface area (Å²) in [5, 5.41) is 9.87. The summed E-state index contributed by atoms with van der Waals surface area (Å²) in [5.74, 6) is -0.264. The minimum atomic E-state index is -0.944. The maximum atomic E-state index is 11.2. The van der Waals surface area contributed by atoms with Crippen LogP contribution in [0, 0.1) is 0 Å². The molecule has 2 aromatic rings. The van der Waals surface area contributed by atoms with Gasteiger partial charge in [-0.05, 0) is 30.7 Å². The van der Waals surface area contributed by atoms with Crippen LogP contribution in [-0.4, -0.2) is 22.7 Å². The van der Waals surface area contributed by atoms with Crippen LogP contribution in [0.15, 0.2) is 52.5 Å². The highest BCUT2D eigenvalue weighted by molar-refractivity contribution is 7.99. The number of nitrogens with zero attached hydrogens (tertiary/aromatic N) is 1. The van der Waals surface area contributed by atoms with Crippen LogP contribution < -0.4 is 4.74 Å². The molecule has 1 heterocycles. The van der Waals surface area contributed by atoms with Crippen LogP contribution in [-0.2, 0) is 0 Å². The largest absolute Gasteiger partial charge is 0.491 e. The fourth-order valence-corrected chi connectivity index (χ4v) is 2.57. The molecule has 0 spiro atoms. The Labute approximate surface area is 121 Å². The van der Waals surface area contributed by atoms with Crippen molar-refractivity contribution in [2.45, 2.75) is 23.3 Å². The van der Waals surface area contributed by atoms with Gasteiger partial charge in [0.2, 0.25) is 0 Å². The molecule has 104 valence electrons. The van der Waals surface area contributed by atoms with Crippen molar-refractivity contribution in [1.82, 2.24) is 4.98 Å². The quantitative estimate of drug-likeness (QED) is 0.878. The van der Waals surface area contributed by atoms with E-state index < -0.39 is 5.97 Å². The average Bonchev–Trinajstić information content (AvgIpc) is 2.47.